The molecule has 1 amide bonds. The third-order valence-electron chi connectivity index (χ3n) is 3.04. The highest BCUT2D eigenvalue weighted by Crippen LogP contribution is 2.07. The van der Waals surface area contributed by atoms with Gasteiger partial charge in [0.25, 0.3) is 5.91 Å². The minimum atomic E-state index is -0.0826. The molecule has 0 fully saturated rings. The number of hydrogen-bond donors (Lipinski definition) is 2. The van der Waals surface area contributed by atoms with E-state index in [1.54, 1.807) is 23.0 Å². The Labute approximate surface area is 124 Å². The van der Waals surface area contributed by atoms with E-state index in [1.165, 1.54) is 0 Å². The molecule has 112 valence electrons. The van der Waals surface area contributed by atoms with Crippen molar-refractivity contribution in [2.75, 3.05) is 18.4 Å². The maximum atomic E-state index is 12.1. The summed E-state index contributed by atoms with van der Waals surface area (Å²) in [4.78, 5) is 16.3. The molecule has 6 nitrogen and oxygen atoms in total. The van der Waals surface area contributed by atoms with Gasteiger partial charge in [0.2, 0.25) is 0 Å². The Morgan fingerprint density at radius 1 is 1.38 bits per heavy atom. The lowest BCUT2D eigenvalue weighted by Gasteiger charge is -2.07. The topological polar surface area (TPSA) is 71.8 Å². The van der Waals surface area contributed by atoms with Crippen LogP contribution in [0.25, 0.3) is 0 Å². The number of aromatic nitrogens is 3. The van der Waals surface area contributed by atoms with Gasteiger partial charge in [0.15, 0.2) is 0 Å². The van der Waals surface area contributed by atoms with Gasteiger partial charge in [-0.1, -0.05) is 6.92 Å². The Morgan fingerprint density at radius 3 is 2.95 bits per heavy atom. The SMILES string of the molecule is CCCNc1cc(C(=O)NCCc2cnn(C)c2)ccn1. The minimum absolute atomic E-state index is 0.0826. The Balaban J connectivity index is 1.85. The Bertz CT molecular complexity index is 593. The van der Waals surface area contributed by atoms with E-state index in [9.17, 15) is 4.79 Å². The molecule has 2 aromatic rings. The smallest absolute Gasteiger partial charge is 0.251 e. The average molecular weight is 287 g/mol. The summed E-state index contributed by atoms with van der Waals surface area (Å²) in [6.07, 6.45) is 7.19. The van der Waals surface area contributed by atoms with Crippen molar-refractivity contribution in [2.24, 2.45) is 7.05 Å². The molecule has 0 atom stereocenters. The summed E-state index contributed by atoms with van der Waals surface area (Å²) in [7, 11) is 1.88. The first-order valence-corrected chi connectivity index (χ1v) is 7.14. The normalized spacial score (nSPS) is 10.4. The Morgan fingerprint density at radius 2 is 2.24 bits per heavy atom. The molecule has 0 aromatic carbocycles. The minimum Gasteiger partial charge on any atom is -0.370 e. The number of pyridine rings is 1. The van der Waals surface area contributed by atoms with Gasteiger partial charge in [0, 0.05) is 38.1 Å². The second-order valence-electron chi connectivity index (χ2n) is 4.88. The molecular weight excluding hydrogens is 266 g/mol. The summed E-state index contributed by atoms with van der Waals surface area (Å²) < 4.78 is 1.76. The summed E-state index contributed by atoms with van der Waals surface area (Å²) in [6, 6.07) is 3.49. The first-order valence-electron chi connectivity index (χ1n) is 7.14. The van der Waals surface area contributed by atoms with Crippen molar-refractivity contribution in [3.8, 4) is 0 Å². The van der Waals surface area contributed by atoms with Crippen LogP contribution in [0.1, 0.15) is 29.3 Å². The first kappa shape index (κ1) is 15.0. The van der Waals surface area contributed by atoms with E-state index in [0.29, 0.717) is 12.1 Å². The van der Waals surface area contributed by atoms with E-state index < -0.39 is 0 Å². The zero-order valence-corrected chi connectivity index (χ0v) is 12.5. The highest BCUT2D eigenvalue weighted by atomic mass is 16.1. The third kappa shape index (κ3) is 4.59. The molecule has 0 unspecified atom stereocenters. The lowest BCUT2D eigenvalue weighted by molar-refractivity contribution is 0.0954. The van der Waals surface area contributed by atoms with Crippen molar-refractivity contribution >= 4 is 11.7 Å². The number of rotatable bonds is 7. The van der Waals surface area contributed by atoms with Gasteiger partial charge in [-0.05, 0) is 30.5 Å². The predicted molar refractivity (Wildman–Crippen MR) is 82.3 cm³/mol. The van der Waals surface area contributed by atoms with E-state index in [-0.39, 0.29) is 5.91 Å². The van der Waals surface area contributed by atoms with Crippen LogP contribution in [-0.4, -0.2) is 33.8 Å². The van der Waals surface area contributed by atoms with Crippen LogP contribution in [0.2, 0.25) is 0 Å². The molecule has 6 heteroatoms. The number of carbonyl (C=O) groups is 1. The fraction of sp³-hybridized carbons (Fsp3) is 0.400. The summed E-state index contributed by atoms with van der Waals surface area (Å²) in [5, 5.41) is 10.2. The van der Waals surface area contributed by atoms with Gasteiger partial charge >= 0.3 is 0 Å². The zero-order valence-electron chi connectivity index (χ0n) is 12.5. The molecule has 21 heavy (non-hydrogen) atoms. The van der Waals surface area contributed by atoms with E-state index >= 15 is 0 Å². The number of hydrogen-bond acceptors (Lipinski definition) is 4. The number of anilines is 1. The number of aryl methyl sites for hydroxylation is 1. The quantitative estimate of drug-likeness (QED) is 0.811. The second-order valence-corrected chi connectivity index (χ2v) is 4.88. The van der Waals surface area contributed by atoms with E-state index in [2.05, 4.69) is 27.6 Å². The van der Waals surface area contributed by atoms with Gasteiger partial charge in [-0.25, -0.2) is 4.98 Å². The molecule has 2 rings (SSSR count). The lowest BCUT2D eigenvalue weighted by Crippen LogP contribution is -2.25. The molecule has 2 heterocycles. The maximum Gasteiger partial charge on any atom is 0.251 e. The average Bonchev–Trinajstić information content (AvgIpc) is 2.91. The van der Waals surface area contributed by atoms with Crippen LogP contribution in [0, 0.1) is 0 Å². The number of nitrogens with zero attached hydrogens (tertiary/aromatic N) is 3. The Hall–Kier alpha value is -2.37. The monoisotopic (exact) mass is 287 g/mol. The summed E-state index contributed by atoms with van der Waals surface area (Å²) in [5.74, 6) is 0.651. The van der Waals surface area contributed by atoms with Crippen molar-refractivity contribution in [2.45, 2.75) is 19.8 Å². The van der Waals surface area contributed by atoms with Crippen LogP contribution in [0.3, 0.4) is 0 Å². The number of carbonyl (C=O) groups excluding carboxylic acids is 1. The van der Waals surface area contributed by atoms with Crippen LogP contribution in [0.4, 0.5) is 5.82 Å². The fourth-order valence-corrected chi connectivity index (χ4v) is 1.94. The summed E-state index contributed by atoms with van der Waals surface area (Å²) in [6.45, 7) is 3.52. The molecule has 0 saturated heterocycles. The van der Waals surface area contributed by atoms with Gasteiger partial charge in [0.05, 0.1) is 6.20 Å². The van der Waals surface area contributed by atoms with E-state index in [4.69, 9.17) is 0 Å². The second kappa shape index (κ2) is 7.42. The van der Waals surface area contributed by atoms with Crippen LogP contribution < -0.4 is 10.6 Å². The molecule has 0 radical (unpaired) electrons. The van der Waals surface area contributed by atoms with Crippen LogP contribution >= 0.6 is 0 Å². The first-order chi connectivity index (χ1) is 10.2. The fourth-order valence-electron chi connectivity index (χ4n) is 1.94. The molecule has 0 bridgehead atoms. The van der Waals surface area contributed by atoms with Crippen molar-refractivity contribution in [3.63, 3.8) is 0 Å². The Kier molecular flexibility index (Phi) is 5.31. The lowest BCUT2D eigenvalue weighted by atomic mass is 10.2. The number of amides is 1. The van der Waals surface area contributed by atoms with E-state index in [1.807, 2.05) is 19.4 Å². The van der Waals surface area contributed by atoms with Gasteiger partial charge in [-0.3, -0.25) is 9.48 Å². The molecule has 2 aromatic heterocycles. The number of nitrogens with one attached hydrogen (secondary N) is 2. The molecule has 0 aliphatic rings. The highest BCUT2D eigenvalue weighted by Gasteiger charge is 2.06. The molecule has 0 aliphatic carbocycles. The van der Waals surface area contributed by atoms with Crippen molar-refractivity contribution in [3.05, 3.63) is 41.9 Å². The van der Waals surface area contributed by atoms with Gasteiger partial charge in [-0.2, -0.15) is 5.10 Å². The standard InChI is InChI=1S/C15H21N5O/c1-3-6-16-14-9-13(5-8-17-14)15(21)18-7-4-12-10-19-20(2)11-12/h5,8-11H,3-4,6-7H2,1-2H3,(H,16,17)(H,18,21). The third-order valence-corrected chi connectivity index (χ3v) is 3.04. The summed E-state index contributed by atoms with van der Waals surface area (Å²) >= 11 is 0. The molecule has 2 N–H and O–H groups in total. The van der Waals surface area contributed by atoms with Crippen molar-refractivity contribution < 1.29 is 4.79 Å². The van der Waals surface area contributed by atoms with Crippen molar-refractivity contribution in [1.82, 2.24) is 20.1 Å². The van der Waals surface area contributed by atoms with Crippen LogP contribution in [-0.2, 0) is 13.5 Å². The van der Waals surface area contributed by atoms with Crippen LogP contribution in [0.15, 0.2) is 30.7 Å². The zero-order chi connectivity index (χ0) is 15.1. The van der Waals surface area contributed by atoms with Gasteiger partial charge in [-0.15, -0.1) is 0 Å². The predicted octanol–water partition coefficient (Wildman–Crippen LogP) is 1.61. The summed E-state index contributed by atoms with van der Waals surface area (Å²) in [5.41, 5.74) is 1.73. The van der Waals surface area contributed by atoms with Crippen LogP contribution in [0.5, 0.6) is 0 Å². The highest BCUT2D eigenvalue weighted by molar-refractivity contribution is 5.94. The maximum absolute atomic E-state index is 12.1. The van der Waals surface area contributed by atoms with Gasteiger partial charge < -0.3 is 10.6 Å². The van der Waals surface area contributed by atoms with Gasteiger partial charge in [0.1, 0.15) is 5.82 Å². The molecule has 0 saturated carbocycles. The van der Waals surface area contributed by atoms with E-state index in [0.717, 1.165) is 30.8 Å². The molecule has 0 spiro atoms. The molecular formula is C15H21N5O. The largest absolute Gasteiger partial charge is 0.370 e. The molecule has 0 aliphatic heterocycles. The van der Waals surface area contributed by atoms with Crippen molar-refractivity contribution in [1.29, 1.82) is 0 Å².